The molecule has 1 aromatic carbocycles. The lowest BCUT2D eigenvalue weighted by molar-refractivity contribution is -0.136. The van der Waals surface area contributed by atoms with Crippen LogP contribution in [0.2, 0.25) is 0 Å². The van der Waals surface area contributed by atoms with Crippen molar-refractivity contribution >= 4 is 17.7 Å². The maximum absolute atomic E-state index is 14.3. The fourth-order valence-electron chi connectivity index (χ4n) is 3.34. The summed E-state index contributed by atoms with van der Waals surface area (Å²) in [6.07, 6.45) is 2.06. The van der Waals surface area contributed by atoms with Crippen LogP contribution in [0, 0.1) is 23.1 Å². The number of hydrogen-bond acceptors (Lipinski definition) is 3. The van der Waals surface area contributed by atoms with E-state index in [2.05, 4.69) is 37.9 Å². The van der Waals surface area contributed by atoms with Gasteiger partial charge in [0, 0.05) is 30.5 Å². The number of hydrogen-bond donors (Lipinski definition) is 1. The predicted molar refractivity (Wildman–Crippen MR) is 98.0 cm³/mol. The molecule has 5 nitrogen and oxygen atoms in total. The Hall–Kier alpha value is -2.68. The number of piperidine rings is 1. The number of imide groups is 1. The summed E-state index contributed by atoms with van der Waals surface area (Å²) < 4.78 is 14.3. The average molecular weight is 370 g/mol. The standard InChI is InChI=1S/C21H23FN2O3/c1-21(2,3)11-5-4-6-13-7-8-15(22)18-14(13)12-24(20(18)27)16-9-10-17(25)23-19(16)26/h7-8,16H,5,9-12H2,1-3H3,(H,23,25,26). The van der Waals surface area contributed by atoms with E-state index in [9.17, 15) is 18.8 Å². The Kier molecular flexibility index (Phi) is 5.05. The number of nitrogens with zero attached hydrogens (tertiary/aromatic N) is 1. The van der Waals surface area contributed by atoms with Crippen LogP contribution in [0.15, 0.2) is 12.1 Å². The third-order valence-electron chi connectivity index (χ3n) is 4.87. The minimum absolute atomic E-state index is 0.0117. The summed E-state index contributed by atoms with van der Waals surface area (Å²) in [5.41, 5.74) is 1.30. The average Bonchev–Trinajstić information content (AvgIpc) is 2.91. The largest absolute Gasteiger partial charge is 0.322 e. The minimum atomic E-state index is -0.760. The van der Waals surface area contributed by atoms with E-state index < -0.39 is 23.7 Å². The molecule has 1 atom stereocenters. The summed E-state index contributed by atoms with van der Waals surface area (Å²) in [6, 6.07) is 2.07. The van der Waals surface area contributed by atoms with E-state index in [1.807, 2.05) is 0 Å². The number of nitrogens with one attached hydrogen (secondary N) is 1. The summed E-state index contributed by atoms with van der Waals surface area (Å²) in [4.78, 5) is 37.5. The van der Waals surface area contributed by atoms with Crippen LogP contribution in [0.3, 0.4) is 0 Å². The minimum Gasteiger partial charge on any atom is -0.322 e. The van der Waals surface area contributed by atoms with E-state index in [0.29, 0.717) is 17.5 Å². The SMILES string of the molecule is CC(C)(C)CCC#Cc1ccc(F)c2c1CN(C1CCC(=O)NC1=O)C2=O. The Morgan fingerprint density at radius 3 is 2.67 bits per heavy atom. The second-order valence-corrected chi connectivity index (χ2v) is 8.21. The van der Waals surface area contributed by atoms with Gasteiger partial charge in [-0.05, 0) is 30.4 Å². The van der Waals surface area contributed by atoms with Crippen LogP contribution < -0.4 is 5.32 Å². The van der Waals surface area contributed by atoms with Gasteiger partial charge in [-0.25, -0.2) is 4.39 Å². The van der Waals surface area contributed by atoms with Crippen molar-refractivity contribution in [3.63, 3.8) is 0 Å². The van der Waals surface area contributed by atoms with Gasteiger partial charge < -0.3 is 4.90 Å². The molecule has 3 amide bonds. The van der Waals surface area contributed by atoms with Gasteiger partial charge in [0.15, 0.2) is 0 Å². The van der Waals surface area contributed by atoms with E-state index in [1.165, 1.54) is 11.0 Å². The molecule has 0 aliphatic carbocycles. The van der Waals surface area contributed by atoms with Crippen molar-refractivity contribution in [2.75, 3.05) is 0 Å². The zero-order valence-electron chi connectivity index (χ0n) is 15.8. The second-order valence-electron chi connectivity index (χ2n) is 8.21. The van der Waals surface area contributed by atoms with Crippen LogP contribution in [0.5, 0.6) is 0 Å². The molecule has 1 fully saturated rings. The van der Waals surface area contributed by atoms with Gasteiger partial charge in [-0.2, -0.15) is 0 Å². The van der Waals surface area contributed by atoms with Crippen molar-refractivity contribution in [1.82, 2.24) is 10.2 Å². The molecule has 1 saturated heterocycles. The van der Waals surface area contributed by atoms with E-state index in [4.69, 9.17) is 0 Å². The highest BCUT2D eigenvalue weighted by Crippen LogP contribution is 2.31. The molecule has 2 aliphatic heterocycles. The van der Waals surface area contributed by atoms with E-state index in [1.54, 1.807) is 6.07 Å². The molecular weight excluding hydrogens is 347 g/mol. The molecule has 0 aromatic heterocycles. The highest BCUT2D eigenvalue weighted by molar-refractivity contribution is 6.05. The van der Waals surface area contributed by atoms with Crippen LogP contribution in [0.25, 0.3) is 0 Å². The number of fused-ring (bicyclic) bond motifs is 1. The third-order valence-corrected chi connectivity index (χ3v) is 4.87. The predicted octanol–water partition coefficient (Wildman–Crippen LogP) is 2.76. The Labute approximate surface area is 158 Å². The summed E-state index contributed by atoms with van der Waals surface area (Å²) >= 11 is 0. The van der Waals surface area contributed by atoms with E-state index in [0.717, 1.165) is 6.42 Å². The number of benzene rings is 1. The Morgan fingerprint density at radius 2 is 2.00 bits per heavy atom. The molecule has 2 aliphatic rings. The first kappa shape index (κ1) is 19.1. The lowest BCUT2D eigenvalue weighted by Crippen LogP contribution is -2.52. The molecule has 6 heteroatoms. The van der Waals surface area contributed by atoms with Crippen molar-refractivity contribution in [2.24, 2.45) is 5.41 Å². The summed E-state index contributed by atoms with van der Waals surface area (Å²) in [7, 11) is 0. The van der Waals surface area contributed by atoms with Crippen LogP contribution in [0.1, 0.15) is 67.9 Å². The van der Waals surface area contributed by atoms with Gasteiger partial charge in [-0.3, -0.25) is 19.7 Å². The molecule has 0 saturated carbocycles. The summed E-state index contributed by atoms with van der Waals surface area (Å²) in [6.45, 7) is 6.55. The molecular formula is C21H23FN2O3. The lowest BCUT2D eigenvalue weighted by Gasteiger charge is -2.29. The molecule has 27 heavy (non-hydrogen) atoms. The van der Waals surface area contributed by atoms with E-state index in [-0.39, 0.29) is 36.3 Å². The fraction of sp³-hybridized carbons (Fsp3) is 0.476. The highest BCUT2D eigenvalue weighted by atomic mass is 19.1. The first-order valence-electron chi connectivity index (χ1n) is 9.12. The Balaban J connectivity index is 1.85. The topological polar surface area (TPSA) is 66.5 Å². The number of carbonyl (C=O) groups is 3. The van der Waals surface area contributed by atoms with Gasteiger partial charge in [-0.15, -0.1) is 0 Å². The van der Waals surface area contributed by atoms with Crippen molar-refractivity contribution < 1.29 is 18.8 Å². The normalized spacial score (nSPS) is 19.5. The molecule has 1 aromatic rings. The number of amides is 3. The van der Waals surface area contributed by atoms with Gasteiger partial charge in [0.25, 0.3) is 5.91 Å². The zero-order chi connectivity index (χ0) is 19.8. The zero-order valence-corrected chi connectivity index (χ0v) is 15.8. The van der Waals surface area contributed by atoms with Crippen molar-refractivity contribution in [1.29, 1.82) is 0 Å². The Morgan fingerprint density at radius 1 is 1.26 bits per heavy atom. The van der Waals surface area contributed by atoms with Crippen molar-refractivity contribution in [3.05, 3.63) is 34.6 Å². The Bertz CT molecular complexity index is 874. The maximum Gasteiger partial charge on any atom is 0.258 e. The first-order chi connectivity index (χ1) is 12.7. The quantitative estimate of drug-likeness (QED) is 0.643. The van der Waals surface area contributed by atoms with Gasteiger partial charge in [-0.1, -0.05) is 32.6 Å². The smallest absolute Gasteiger partial charge is 0.258 e. The van der Waals surface area contributed by atoms with Crippen LogP contribution >= 0.6 is 0 Å². The number of halogens is 1. The van der Waals surface area contributed by atoms with Crippen molar-refractivity contribution in [3.8, 4) is 11.8 Å². The third kappa shape index (κ3) is 4.02. The molecule has 0 spiro atoms. The number of rotatable bonds is 2. The van der Waals surface area contributed by atoms with Crippen LogP contribution in [0.4, 0.5) is 4.39 Å². The van der Waals surface area contributed by atoms with Gasteiger partial charge in [0.2, 0.25) is 11.8 Å². The summed E-state index contributed by atoms with van der Waals surface area (Å²) in [5, 5.41) is 2.25. The van der Waals surface area contributed by atoms with E-state index >= 15 is 0 Å². The molecule has 3 rings (SSSR count). The van der Waals surface area contributed by atoms with Gasteiger partial charge >= 0.3 is 0 Å². The molecule has 0 bridgehead atoms. The highest BCUT2D eigenvalue weighted by Gasteiger charge is 2.41. The fourth-order valence-corrected chi connectivity index (χ4v) is 3.34. The van der Waals surface area contributed by atoms with Crippen LogP contribution in [-0.2, 0) is 16.1 Å². The first-order valence-corrected chi connectivity index (χ1v) is 9.12. The lowest BCUT2D eigenvalue weighted by atomic mass is 9.91. The summed E-state index contributed by atoms with van der Waals surface area (Å²) in [5.74, 6) is 4.18. The second kappa shape index (κ2) is 7.15. The molecule has 0 radical (unpaired) electrons. The number of carbonyl (C=O) groups excluding carboxylic acids is 3. The van der Waals surface area contributed by atoms with Gasteiger partial charge in [0.05, 0.1) is 5.56 Å². The molecule has 142 valence electrons. The molecule has 2 heterocycles. The molecule has 1 N–H and O–H groups in total. The maximum atomic E-state index is 14.3. The van der Waals surface area contributed by atoms with Crippen LogP contribution in [-0.4, -0.2) is 28.7 Å². The monoisotopic (exact) mass is 370 g/mol. The van der Waals surface area contributed by atoms with Gasteiger partial charge in [0.1, 0.15) is 11.9 Å². The van der Waals surface area contributed by atoms with Crippen molar-refractivity contribution in [2.45, 2.75) is 59.0 Å². The molecule has 1 unspecified atom stereocenters.